The van der Waals surface area contributed by atoms with E-state index in [1.54, 1.807) is 31.2 Å². The fourth-order valence-corrected chi connectivity index (χ4v) is 3.37. The smallest absolute Gasteiger partial charge is 0.405 e. The number of pyridine rings is 2. The van der Waals surface area contributed by atoms with Crippen molar-refractivity contribution < 1.29 is 31.9 Å². The van der Waals surface area contributed by atoms with E-state index in [2.05, 4.69) is 25.3 Å². The van der Waals surface area contributed by atoms with Gasteiger partial charge in [-0.1, -0.05) is 12.1 Å². The monoisotopic (exact) mass is 510 g/mol. The van der Waals surface area contributed by atoms with E-state index < -0.39 is 35.3 Å². The molecule has 0 aliphatic rings. The van der Waals surface area contributed by atoms with Gasteiger partial charge in [-0.25, -0.2) is 4.39 Å². The van der Waals surface area contributed by atoms with Crippen LogP contribution < -0.4 is 15.4 Å². The van der Waals surface area contributed by atoms with Gasteiger partial charge in [0, 0.05) is 17.3 Å². The molecule has 0 spiro atoms. The molecule has 11 heteroatoms. The quantitative estimate of drug-likeness (QED) is 0.311. The van der Waals surface area contributed by atoms with Gasteiger partial charge < -0.3 is 15.4 Å². The summed E-state index contributed by atoms with van der Waals surface area (Å²) in [5.41, 5.74) is 0.963. The van der Waals surface area contributed by atoms with Gasteiger partial charge in [-0.15, -0.1) is 13.2 Å². The fourth-order valence-electron chi connectivity index (χ4n) is 3.37. The van der Waals surface area contributed by atoms with Gasteiger partial charge in [0.1, 0.15) is 11.6 Å². The second-order valence-corrected chi connectivity index (χ2v) is 7.72. The van der Waals surface area contributed by atoms with Crippen molar-refractivity contribution in [3.8, 4) is 17.0 Å². The summed E-state index contributed by atoms with van der Waals surface area (Å²) in [7, 11) is 0. The Kier molecular flexibility index (Phi) is 7.14. The Hall–Kier alpha value is -4.80. The van der Waals surface area contributed by atoms with Gasteiger partial charge in [-0.05, 0) is 61.5 Å². The number of carbonyl (C=O) groups is 2. The van der Waals surface area contributed by atoms with E-state index >= 15 is 0 Å². The highest BCUT2D eigenvalue weighted by Gasteiger charge is 2.33. The first kappa shape index (κ1) is 25.3. The number of hydrogen-bond donors (Lipinski definition) is 2. The molecule has 37 heavy (non-hydrogen) atoms. The maximum absolute atomic E-state index is 14.0. The van der Waals surface area contributed by atoms with Gasteiger partial charge >= 0.3 is 6.36 Å². The third-order valence-corrected chi connectivity index (χ3v) is 5.14. The molecule has 2 aromatic heterocycles. The number of amides is 2. The number of alkyl halides is 3. The molecule has 2 heterocycles. The fraction of sp³-hybridized carbons (Fsp3) is 0.0769. The van der Waals surface area contributed by atoms with Gasteiger partial charge in [0.15, 0.2) is 0 Å². The van der Waals surface area contributed by atoms with Crippen LogP contribution in [0.5, 0.6) is 5.75 Å². The van der Waals surface area contributed by atoms with Crippen molar-refractivity contribution in [1.29, 1.82) is 0 Å². The van der Waals surface area contributed by atoms with Gasteiger partial charge in [0.25, 0.3) is 11.8 Å². The molecule has 2 N–H and O–H groups in total. The molecule has 0 radical (unpaired) electrons. The molecule has 0 bridgehead atoms. The molecule has 4 rings (SSSR count). The summed E-state index contributed by atoms with van der Waals surface area (Å²) < 4.78 is 56.8. The number of ether oxygens (including phenoxy) is 1. The third kappa shape index (κ3) is 6.26. The van der Waals surface area contributed by atoms with E-state index in [4.69, 9.17) is 0 Å². The highest BCUT2D eigenvalue weighted by Crippen LogP contribution is 2.29. The Morgan fingerprint density at radius 2 is 1.68 bits per heavy atom. The lowest BCUT2D eigenvalue weighted by Crippen LogP contribution is -2.22. The average molecular weight is 510 g/mol. The largest absolute Gasteiger partial charge is 0.573 e. The van der Waals surface area contributed by atoms with Crippen LogP contribution in [0.1, 0.15) is 26.4 Å². The van der Waals surface area contributed by atoms with E-state index in [1.807, 2.05) is 0 Å². The lowest BCUT2D eigenvalue weighted by molar-refractivity contribution is -0.274. The summed E-state index contributed by atoms with van der Waals surface area (Å²) in [6, 6.07) is 15.1. The van der Waals surface area contributed by atoms with Gasteiger partial charge in [-0.3, -0.25) is 19.6 Å². The first-order chi connectivity index (χ1) is 17.6. The Balaban J connectivity index is 1.58. The SMILES string of the molecule is Cc1ncccc1NC(=O)c1cc(C(=O)Nc2ccc(-c3ccccc3F)nc2)ccc1OC(F)(F)F. The highest BCUT2D eigenvalue weighted by molar-refractivity contribution is 6.10. The first-order valence-corrected chi connectivity index (χ1v) is 10.8. The van der Waals surface area contributed by atoms with Crippen molar-refractivity contribution in [2.45, 2.75) is 13.3 Å². The zero-order chi connectivity index (χ0) is 26.6. The maximum Gasteiger partial charge on any atom is 0.573 e. The van der Waals surface area contributed by atoms with Crippen molar-refractivity contribution in [3.05, 3.63) is 102 Å². The molecular formula is C26H18F4N4O3. The number of benzene rings is 2. The van der Waals surface area contributed by atoms with Crippen LogP contribution in [0.25, 0.3) is 11.3 Å². The second-order valence-electron chi connectivity index (χ2n) is 7.72. The van der Waals surface area contributed by atoms with Gasteiger partial charge in [-0.2, -0.15) is 0 Å². The van der Waals surface area contributed by atoms with Gasteiger partial charge in [0.2, 0.25) is 0 Å². The van der Waals surface area contributed by atoms with Crippen LogP contribution in [0, 0.1) is 12.7 Å². The summed E-state index contributed by atoms with van der Waals surface area (Å²) >= 11 is 0. The molecule has 0 saturated heterocycles. The minimum atomic E-state index is -5.06. The van der Waals surface area contributed by atoms with E-state index in [0.29, 0.717) is 11.4 Å². The van der Waals surface area contributed by atoms with Crippen LogP contribution >= 0.6 is 0 Å². The molecule has 0 saturated carbocycles. The lowest BCUT2D eigenvalue weighted by Gasteiger charge is -2.15. The maximum atomic E-state index is 14.0. The lowest BCUT2D eigenvalue weighted by atomic mass is 10.1. The molecule has 7 nitrogen and oxygen atoms in total. The molecular weight excluding hydrogens is 492 g/mol. The predicted octanol–water partition coefficient (Wildman–Crippen LogP) is 5.99. The Morgan fingerprint density at radius 1 is 0.892 bits per heavy atom. The number of halogens is 4. The molecule has 2 amide bonds. The number of aromatic nitrogens is 2. The van der Waals surface area contributed by atoms with E-state index in [1.165, 1.54) is 36.7 Å². The van der Waals surface area contributed by atoms with Gasteiger partial charge in [0.05, 0.1) is 34.5 Å². The number of nitrogens with zero attached hydrogens (tertiary/aromatic N) is 2. The predicted molar refractivity (Wildman–Crippen MR) is 128 cm³/mol. The van der Waals surface area contributed by atoms with E-state index in [0.717, 1.165) is 18.2 Å². The Morgan fingerprint density at radius 3 is 2.35 bits per heavy atom. The third-order valence-electron chi connectivity index (χ3n) is 5.14. The minimum Gasteiger partial charge on any atom is -0.405 e. The van der Waals surface area contributed by atoms with Crippen molar-refractivity contribution >= 4 is 23.2 Å². The number of nitrogens with one attached hydrogen (secondary N) is 2. The first-order valence-electron chi connectivity index (χ1n) is 10.8. The standard InChI is InChI=1S/C26H18F4N4O3/c1-15-21(7-4-12-31-15)34-25(36)19-13-16(8-11-23(19)37-26(28,29)30)24(35)33-17-9-10-22(32-14-17)18-5-2-3-6-20(18)27/h2-14H,1H3,(H,33,35)(H,34,36). The molecule has 188 valence electrons. The summed E-state index contributed by atoms with van der Waals surface area (Å²) in [5, 5.41) is 5.02. The molecule has 0 unspecified atom stereocenters. The Bertz CT molecular complexity index is 1460. The van der Waals surface area contributed by atoms with Crippen LogP contribution in [0.15, 0.2) is 79.1 Å². The molecule has 2 aromatic carbocycles. The summed E-state index contributed by atoms with van der Waals surface area (Å²) in [4.78, 5) is 33.8. The normalized spacial score (nSPS) is 11.1. The molecule has 0 aliphatic carbocycles. The number of aryl methyl sites for hydroxylation is 1. The molecule has 0 atom stereocenters. The number of anilines is 2. The van der Waals surface area contributed by atoms with Crippen LogP contribution in [0.4, 0.5) is 28.9 Å². The van der Waals surface area contributed by atoms with Crippen LogP contribution in [0.3, 0.4) is 0 Å². The molecule has 0 fully saturated rings. The van der Waals surface area contributed by atoms with Crippen LogP contribution in [-0.4, -0.2) is 28.1 Å². The highest BCUT2D eigenvalue weighted by atomic mass is 19.4. The van der Waals surface area contributed by atoms with Crippen molar-refractivity contribution in [2.75, 3.05) is 10.6 Å². The van der Waals surface area contributed by atoms with E-state index in [-0.39, 0.29) is 22.5 Å². The Labute approximate surface area is 208 Å². The van der Waals surface area contributed by atoms with Crippen molar-refractivity contribution in [2.24, 2.45) is 0 Å². The average Bonchev–Trinajstić information content (AvgIpc) is 2.85. The van der Waals surface area contributed by atoms with E-state index in [9.17, 15) is 27.2 Å². The topological polar surface area (TPSA) is 93.2 Å². The van der Waals surface area contributed by atoms with Crippen molar-refractivity contribution in [1.82, 2.24) is 9.97 Å². The van der Waals surface area contributed by atoms with Crippen molar-refractivity contribution in [3.63, 3.8) is 0 Å². The van der Waals surface area contributed by atoms with Crippen LogP contribution in [-0.2, 0) is 0 Å². The summed E-state index contributed by atoms with van der Waals surface area (Å²) in [6.07, 6.45) is -2.26. The minimum absolute atomic E-state index is 0.110. The molecule has 4 aromatic rings. The second kappa shape index (κ2) is 10.4. The zero-order valence-electron chi connectivity index (χ0n) is 19.1. The number of hydrogen-bond acceptors (Lipinski definition) is 5. The molecule has 0 aliphatic heterocycles. The van der Waals surface area contributed by atoms with Crippen LogP contribution in [0.2, 0.25) is 0 Å². The zero-order valence-corrected chi connectivity index (χ0v) is 19.1. The number of rotatable bonds is 6. The number of carbonyl (C=O) groups excluding carboxylic acids is 2. The summed E-state index contributed by atoms with van der Waals surface area (Å²) in [6.45, 7) is 1.61. The summed E-state index contributed by atoms with van der Waals surface area (Å²) in [5.74, 6) is -2.88.